The van der Waals surface area contributed by atoms with E-state index in [0.717, 1.165) is 5.65 Å². The Morgan fingerprint density at radius 3 is 2.54 bits per heavy atom. The minimum absolute atomic E-state index is 0.0472. The molecule has 2 aromatic rings. The lowest BCUT2D eigenvalue weighted by Gasteiger charge is -2.25. The Bertz CT molecular complexity index is 668. The Morgan fingerprint density at radius 2 is 1.92 bits per heavy atom. The highest BCUT2D eigenvalue weighted by Crippen LogP contribution is 2.20. The van der Waals surface area contributed by atoms with E-state index in [4.69, 9.17) is 5.11 Å². The van der Waals surface area contributed by atoms with Crippen molar-refractivity contribution in [2.24, 2.45) is 11.8 Å². The number of hydrogen-bond donors (Lipinski definition) is 3. The topological polar surface area (TPSA) is 91.5 Å². The maximum Gasteiger partial charge on any atom is 0.315 e. The molecule has 0 saturated carbocycles. The lowest BCUT2D eigenvalue weighted by atomic mass is 10.0. The Labute approximate surface area is 142 Å². The Hall–Kier alpha value is -2.15. The predicted molar refractivity (Wildman–Crippen MR) is 92.6 cm³/mol. The van der Waals surface area contributed by atoms with Crippen molar-refractivity contribution in [1.82, 2.24) is 25.2 Å². The van der Waals surface area contributed by atoms with Crippen LogP contribution in [0.5, 0.6) is 0 Å². The van der Waals surface area contributed by atoms with Gasteiger partial charge in [0.15, 0.2) is 11.5 Å². The lowest BCUT2D eigenvalue weighted by molar-refractivity contribution is 0.212. The number of carbonyl (C=O) groups is 1. The molecule has 3 N–H and O–H groups in total. The lowest BCUT2D eigenvalue weighted by Crippen LogP contribution is -2.47. The highest BCUT2D eigenvalue weighted by Gasteiger charge is 2.25. The van der Waals surface area contributed by atoms with Crippen molar-refractivity contribution < 1.29 is 9.90 Å². The molecule has 7 heteroatoms. The minimum atomic E-state index is -0.260. The van der Waals surface area contributed by atoms with Gasteiger partial charge in [-0.05, 0) is 30.4 Å². The molecule has 132 valence electrons. The number of aliphatic hydroxyl groups excluding tert-OH is 1. The summed E-state index contributed by atoms with van der Waals surface area (Å²) in [6.45, 7) is 8.15. The summed E-state index contributed by atoms with van der Waals surface area (Å²) >= 11 is 0. The molecule has 0 spiro atoms. The molecule has 0 bridgehead atoms. The van der Waals surface area contributed by atoms with E-state index in [2.05, 4.69) is 20.8 Å². The molecule has 24 heavy (non-hydrogen) atoms. The first-order valence-electron chi connectivity index (χ1n) is 8.41. The van der Waals surface area contributed by atoms with Crippen LogP contribution in [0.25, 0.3) is 5.65 Å². The third kappa shape index (κ3) is 4.23. The van der Waals surface area contributed by atoms with Gasteiger partial charge in [-0.15, -0.1) is 10.2 Å². The summed E-state index contributed by atoms with van der Waals surface area (Å²) < 4.78 is 1.89. The first-order valence-corrected chi connectivity index (χ1v) is 8.41. The van der Waals surface area contributed by atoms with E-state index >= 15 is 0 Å². The molecule has 2 amide bonds. The van der Waals surface area contributed by atoms with Crippen molar-refractivity contribution in [3.05, 3.63) is 30.2 Å². The Morgan fingerprint density at radius 1 is 1.17 bits per heavy atom. The molecule has 0 aliphatic heterocycles. The fraction of sp³-hybridized carbons (Fsp3) is 0.588. The van der Waals surface area contributed by atoms with Crippen LogP contribution >= 0.6 is 0 Å². The average Bonchev–Trinajstić information content (AvgIpc) is 2.95. The third-order valence-electron chi connectivity index (χ3n) is 4.13. The maximum absolute atomic E-state index is 12.4. The molecule has 0 radical (unpaired) electrons. The molecule has 0 aliphatic carbocycles. The Kier molecular flexibility index (Phi) is 6.14. The van der Waals surface area contributed by atoms with Gasteiger partial charge in [0, 0.05) is 18.8 Å². The first-order chi connectivity index (χ1) is 11.4. The van der Waals surface area contributed by atoms with Crippen LogP contribution < -0.4 is 10.6 Å². The van der Waals surface area contributed by atoms with Gasteiger partial charge in [0.05, 0.1) is 6.04 Å². The fourth-order valence-electron chi connectivity index (χ4n) is 2.66. The van der Waals surface area contributed by atoms with Gasteiger partial charge in [0.2, 0.25) is 0 Å². The number of nitrogens with zero attached hydrogens (tertiary/aromatic N) is 3. The number of rotatable bonds is 7. The van der Waals surface area contributed by atoms with Gasteiger partial charge in [-0.1, -0.05) is 33.8 Å². The summed E-state index contributed by atoms with van der Waals surface area (Å²) in [5.74, 6) is 1.10. The monoisotopic (exact) mass is 333 g/mol. The van der Waals surface area contributed by atoms with Crippen LogP contribution in [0.3, 0.4) is 0 Å². The first kappa shape index (κ1) is 18.2. The second kappa shape index (κ2) is 8.10. The van der Waals surface area contributed by atoms with E-state index in [0.29, 0.717) is 12.2 Å². The van der Waals surface area contributed by atoms with Gasteiger partial charge in [0.25, 0.3) is 0 Å². The molecule has 0 saturated heterocycles. The summed E-state index contributed by atoms with van der Waals surface area (Å²) in [5.41, 5.74) is 0.751. The van der Waals surface area contributed by atoms with Crippen molar-refractivity contribution in [2.45, 2.75) is 46.2 Å². The van der Waals surface area contributed by atoms with Crippen molar-refractivity contribution in [1.29, 1.82) is 0 Å². The second-order valence-electron chi connectivity index (χ2n) is 6.69. The molecule has 2 atom stereocenters. The van der Waals surface area contributed by atoms with E-state index in [-0.39, 0.29) is 36.6 Å². The third-order valence-corrected chi connectivity index (χ3v) is 4.13. The van der Waals surface area contributed by atoms with E-state index in [1.807, 2.05) is 56.5 Å². The van der Waals surface area contributed by atoms with Gasteiger partial charge in [-0.2, -0.15) is 0 Å². The molecule has 2 rings (SSSR count). The van der Waals surface area contributed by atoms with Crippen molar-refractivity contribution in [2.75, 3.05) is 6.61 Å². The van der Waals surface area contributed by atoms with Crippen LogP contribution in [0.4, 0.5) is 4.79 Å². The van der Waals surface area contributed by atoms with Crippen molar-refractivity contribution in [3.63, 3.8) is 0 Å². The van der Waals surface area contributed by atoms with Crippen molar-refractivity contribution in [3.8, 4) is 0 Å². The number of pyridine rings is 1. The maximum atomic E-state index is 12.4. The van der Waals surface area contributed by atoms with E-state index < -0.39 is 0 Å². The van der Waals surface area contributed by atoms with Gasteiger partial charge < -0.3 is 15.7 Å². The number of urea groups is 1. The highest BCUT2D eigenvalue weighted by atomic mass is 16.3. The summed E-state index contributed by atoms with van der Waals surface area (Å²) in [5, 5.41) is 23.5. The summed E-state index contributed by atoms with van der Waals surface area (Å²) in [4.78, 5) is 12.4. The average molecular weight is 333 g/mol. The summed E-state index contributed by atoms with van der Waals surface area (Å²) in [6.07, 6.45) is 2.42. The zero-order chi connectivity index (χ0) is 17.7. The SMILES string of the molecule is CC(C)C(CCO)NC(=O)NC(c1nnc2ccccn12)C(C)C. The molecule has 0 aromatic carbocycles. The number of fused-ring (bicyclic) bond motifs is 1. The number of aromatic nitrogens is 3. The fourth-order valence-corrected chi connectivity index (χ4v) is 2.66. The molecule has 7 nitrogen and oxygen atoms in total. The summed E-state index contributed by atoms with van der Waals surface area (Å²) in [6, 6.07) is 5.11. The zero-order valence-corrected chi connectivity index (χ0v) is 14.7. The van der Waals surface area contributed by atoms with Crippen LogP contribution in [-0.4, -0.2) is 38.4 Å². The normalized spacial score (nSPS) is 14.1. The molecular weight excluding hydrogens is 306 g/mol. The van der Waals surface area contributed by atoms with Crippen LogP contribution in [0.2, 0.25) is 0 Å². The van der Waals surface area contributed by atoms with Crippen LogP contribution in [0.15, 0.2) is 24.4 Å². The minimum Gasteiger partial charge on any atom is -0.396 e. The quantitative estimate of drug-likeness (QED) is 0.724. The number of nitrogens with one attached hydrogen (secondary N) is 2. The van der Waals surface area contributed by atoms with Crippen LogP contribution in [0.1, 0.15) is 46.0 Å². The van der Waals surface area contributed by atoms with Gasteiger partial charge in [-0.3, -0.25) is 4.40 Å². The van der Waals surface area contributed by atoms with E-state index in [9.17, 15) is 4.79 Å². The Balaban J connectivity index is 2.15. The van der Waals surface area contributed by atoms with Gasteiger partial charge in [0.1, 0.15) is 0 Å². The van der Waals surface area contributed by atoms with E-state index in [1.165, 1.54) is 0 Å². The van der Waals surface area contributed by atoms with Crippen LogP contribution in [-0.2, 0) is 0 Å². The smallest absolute Gasteiger partial charge is 0.315 e. The molecular formula is C17H27N5O2. The number of amides is 2. The standard InChI is InChI=1S/C17H27N5O2/c1-11(2)13(8-10-23)18-17(24)19-15(12(3)4)16-21-20-14-7-5-6-9-22(14)16/h5-7,9,11-13,15,23H,8,10H2,1-4H3,(H2,18,19,24). The van der Waals surface area contributed by atoms with Crippen molar-refractivity contribution >= 4 is 11.7 Å². The largest absolute Gasteiger partial charge is 0.396 e. The molecule has 0 aliphatic rings. The second-order valence-corrected chi connectivity index (χ2v) is 6.69. The van der Waals surface area contributed by atoms with Crippen LogP contribution in [0, 0.1) is 11.8 Å². The number of hydrogen-bond acceptors (Lipinski definition) is 4. The highest BCUT2D eigenvalue weighted by molar-refractivity contribution is 5.74. The predicted octanol–water partition coefficient (Wildman–Crippen LogP) is 2.13. The molecule has 2 heterocycles. The molecule has 2 unspecified atom stereocenters. The van der Waals surface area contributed by atoms with Gasteiger partial charge in [-0.25, -0.2) is 4.79 Å². The van der Waals surface area contributed by atoms with Gasteiger partial charge >= 0.3 is 6.03 Å². The number of aliphatic hydroxyl groups is 1. The molecule has 2 aromatic heterocycles. The number of carbonyl (C=O) groups excluding carboxylic acids is 1. The summed E-state index contributed by atoms with van der Waals surface area (Å²) in [7, 11) is 0. The van der Waals surface area contributed by atoms with E-state index in [1.54, 1.807) is 0 Å². The molecule has 0 fully saturated rings. The zero-order valence-electron chi connectivity index (χ0n) is 14.7.